The molecule has 0 bridgehead atoms. The molecule has 5 nitrogen and oxygen atoms in total. The van der Waals surface area contributed by atoms with Crippen molar-refractivity contribution in [1.82, 2.24) is 9.97 Å². The topological polar surface area (TPSA) is 68.0 Å². The van der Waals surface area contributed by atoms with Gasteiger partial charge in [0.25, 0.3) is 0 Å². The molecule has 0 saturated carbocycles. The van der Waals surface area contributed by atoms with E-state index in [1.807, 2.05) is 6.07 Å². The second kappa shape index (κ2) is 5.15. The van der Waals surface area contributed by atoms with Gasteiger partial charge in [-0.2, -0.15) is 10.2 Å². The van der Waals surface area contributed by atoms with Crippen LogP contribution in [-0.2, 0) is 0 Å². The molecule has 0 aliphatic heterocycles. The molecule has 1 heterocycles. The van der Waals surface area contributed by atoms with Gasteiger partial charge in [0.2, 0.25) is 0 Å². The van der Waals surface area contributed by atoms with Crippen LogP contribution >= 0.6 is 0 Å². The molecule has 0 saturated heterocycles. The molecule has 1 aromatic heterocycles. The Morgan fingerprint density at radius 3 is 2.39 bits per heavy atom. The minimum Gasteiger partial charge on any atom is -0.497 e. The summed E-state index contributed by atoms with van der Waals surface area (Å²) < 4.78 is 10.5. The first-order valence-electron chi connectivity index (χ1n) is 5.29. The van der Waals surface area contributed by atoms with Gasteiger partial charge in [0, 0.05) is 5.69 Å². The van der Waals surface area contributed by atoms with E-state index in [1.54, 1.807) is 44.4 Å². The number of benzene rings is 1. The fraction of sp³-hybridized carbons (Fsp3) is 0.154. The number of hydrogen-bond donors (Lipinski definition) is 0. The molecule has 2 rings (SSSR count). The van der Waals surface area contributed by atoms with E-state index < -0.39 is 0 Å². The molecular weight excluding hydrogens is 230 g/mol. The molecule has 1 aromatic carbocycles. The van der Waals surface area contributed by atoms with Crippen molar-refractivity contribution in [3.8, 4) is 23.6 Å². The van der Waals surface area contributed by atoms with Crippen LogP contribution in [0.3, 0.4) is 0 Å². The highest BCUT2D eigenvalue weighted by Gasteiger charge is 2.04. The first kappa shape index (κ1) is 11.9. The maximum absolute atomic E-state index is 8.81. The van der Waals surface area contributed by atoms with Crippen molar-refractivity contribution in [2.24, 2.45) is 0 Å². The lowest BCUT2D eigenvalue weighted by molar-refractivity contribution is 0.410. The molecule has 0 spiro atoms. The van der Waals surface area contributed by atoms with Gasteiger partial charge in [0.1, 0.15) is 23.3 Å². The van der Waals surface area contributed by atoms with E-state index in [9.17, 15) is 0 Å². The highest BCUT2D eigenvalue weighted by molar-refractivity contribution is 5.33. The lowest BCUT2D eigenvalue weighted by Gasteiger charge is -2.05. The molecule has 0 radical (unpaired) electrons. The van der Waals surface area contributed by atoms with Crippen molar-refractivity contribution in [3.63, 3.8) is 0 Å². The number of rotatable bonds is 3. The minimum atomic E-state index is 0.164. The van der Waals surface area contributed by atoms with Crippen LogP contribution in [-0.4, -0.2) is 17.1 Å². The third kappa shape index (κ3) is 2.74. The van der Waals surface area contributed by atoms with E-state index in [0.717, 1.165) is 5.75 Å². The van der Waals surface area contributed by atoms with Crippen LogP contribution in [0.25, 0.3) is 0 Å². The Morgan fingerprint density at radius 1 is 1.11 bits per heavy atom. The van der Waals surface area contributed by atoms with Gasteiger partial charge in [-0.3, -0.25) is 0 Å². The summed E-state index contributed by atoms with van der Waals surface area (Å²) in [6, 6.07) is 10.8. The molecule has 0 fully saturated rings. The third-order valence-corrected chi connectivity index (χ3v) is 2.22. The largest absolute Gasteiger partial charge is 0.497 e. The summed E-state index contributed by atoms with van der Waals surface area (Å²) in [6.07, 6.45) is 0. The maximum Gasteiger partial charge on any atom is 0.323 e. The van der Waals surface area contributed by atoms with Crippen LogP contribution in [0.2, 0.25) is 0 Å². The fourth-order valence-corrected chi connectivity index (χ4v) is 1.39. The first-order valence-corrected chi connectivity index (χ1v) is 5.29. The highest BCUT2D eigenvalue weighted by Crippen LogP contribution is 2.21. The van der Waals surface area contributed by atoms with E-state index in [-0.39, 0.29) is 11.7 Å². The van der Waals surface area contributed by atoms with Crippen molar-refractivity contribution in [3.05, 3.63) is 41.7 Å². The van der Waals surface area contributed by atoms with Gasteiger partial charge < -0.3 is 9.47 Å². The summed E-state index contributed by atoms with van der Waals surface area (Å²) in [4.78, 5) is 8.07. The second-order valence-corrected chi connectivity index (χ2v) is 3.57. The van der Waals surface area contributed by atoms with Crippen LogP contribution in [0, 0.1) is 18.3 Å². The number of aryl methyl sites for hydroxylation is 1. The standard InChI is InChI=1S/C13H11N3O2/c1-9-7-10(8-14)16-13(15-9)18-12-5-3-11(17-2)4-6-12/h3-7H,1-2H3. The van der Waals surface area contributed by atoms with Gasteiger partial charge in [0.15, 0.2) is 0 Å². The molecule has 2 aromatic rings. The van der Waals surface area contributed by atoms with E-state index in [2.05, 4.69) is 9.97 Å². The number of hydrogen-bond acceptors (Lipinski definition) is 5. The number of nitriles is 1. The predicted molar refractivity (Wildman–Crippen MR) is 64.6 cm³/mol. The van der Waals surface area contributed by atoms with Crippen molar-refractivity contribution in [2.75, 3.05) is 7.11 Å². The van der Waals surface area contributed by atoms with Crippen LogP contribution in [0.1, 0.15) is 11.4 Å². The summed E-state index contributed by atoms with van der Waals surface area (Å²) in [5, 5.41) is 8.81. The lowest BCUT2D eigenvalue weighted by atomic mass is 10.3. The molecule has 0 N–H and O–H groups in total. The molecule has 0 amide bonds. The Labute approximate surface area is 105 Å². The van der Waals surface area contributed by atoms with Gasteiger partial charge in [-0.1, -0.05) is 0 Å². The number of methoxy groups -OCH3 is 1. The normalized spacial score (nSPS) is 9.61. The molecule has 0 aliphatic rings. The Balaban J connectivity index is 2.22. The zero-order chi connectivity index (χ0) is 13.0. The third-order valence-electron chi connectivity index (χ3n) is 2.22. The van der Waals surface area contributed by atoms with E-state index in [1.165, 1.54) is 0 Å². The first-order chi connectivity index (χ1) is 8.71. The summed E-state index contributed by atoms with van der Waals surface area (Å²) in [6.45, 7) is 1.78. The number of nitrogens with zero attached hydrogens (tertiary/aromatic N) is 3. The summed E-state index contributed by atoms with van der Waals surface area (Å²) in [5.74, 6) is 1.33. The molecule has 0 atom stereocenters. The van der Waals surface area contributed by atoms with E-state index >= 15 is 0 Å². The van der Waals surface area contributed by atoms with E-state index in [0.29, 0.717) is 11.4 Å². The molecule has 90 valence electrons. The molecule has 0 unspecified atom stereocenters. The van der Waals surface area contributed by atoms with Crippen LogP contribution in [0.5, 0.6) is 17.5 Å². The van der Waals surface area contributed by atoms with Crippen molar-refractivity contribution < 1.29 is 9.47 Å². The van der Waals surface area contributed by atoms with Gasteiger partial charge in [-0.15, -0.1) is 0 Å². The van der Waals surface area contributed by atoms with Crippen LogP contribution in [0.4, 0.5) is 0 Å². The monoisotopic (exact) mass is 241 g/mol. The maximum atomic E-state index is 8.81. The lowest BCUT2D eigenvalue weighted by Crippen LogP contribution is -1.96. The van der Waals surface area contributed by atoms with Gasteiger partial charge in [-0.05, 0) is 37.3 Å². The highest BCUT2D eigenvalue weighted by atomic mass is 16.5. The van der Waals surface area contributed by atoms with Crippen molar-refractivity contribution in [1.29, 1.82) is 5.26 Å². The Bertz CT molecular complexity index is 588. The Morgan fingerprint density at radius 2 is 1.78 bits per heavy atom. The number of ether oxygens (including phenoxy) is 2. The number of aromatic nitrogens is 2. The molecule has 5 heteroatoms. The molecule has 18 heavy (non-hydrogen) atoms. The van der Waals surface area contributed by atoms with Crippen LogP contribution < -0.4 is 9.47 Å². The second-order valence-electron chi connectivity index (χ2n) is 3.57. The van der Waals surface area contributed by atoms with Gasteiger partial charge in [-0.25, -0.2) is 4.98 Å². The zero-order valence-electron chi connectivity index (χ0n) is 10.0. The van der Waals surface area contributed by atoms with Crippen molar-refractivity contribution >= 4 is 0 Å². The Hall–Kier alpha value is -2.61. The smallest absolute Gasteiger partial charge is 0.323 e. The summed E-state index contributed by atoms with van der Waals surface area (Å²) >= 11 is 0. The average molecular weight is 241 g/mol. The summed E-state index contributed by atoms with van der Waals surface area (Å²) in [7, 11) is 1.60. The average Bonchev–Trinajstić information content (AvgIpc) is 2.39. The van der Waals surface area contributed by atoms with Gasteiger partial charge >= 0.3 is 6.01 Å². The van der Waals surface area contributed by atoms with Gasteiger partial charge in [0.05, 0.1) is 7.11 Å². The SMILES string of the molecule is COc1ccc(Oc2nc(C)cc(C#N)n2)cc1. The minimum absolute atomic E-state index is 0.164. The quantitative estimate of drug-likeness (QED) is 0.825. The molecular formula is C13H11N3O2. The Kier molecular flexibility index (Phi) is 3.39. The molecule has 0 aliphatic carbocycles. The fourth-order valence-electron chi connectivity index (χ4n) is 1.39. The zero-order valence-corrected chi connectivity index (χ0v) is 10.0. The summed E-state index contributed by atoms with van der Waals surface area (Å²) in [5.41, 5.74) is 0.969. The van der Waals surface area contributed by atoms with Crippen LogP contribution in [0.15, 0.2) is 30.3 Å². The van der Waals surface area contributed by atoms with E-state index in [4.69, 9.17) is 14.7 Å². The van der Waals surface area contributed by atoms with Crippen molar-refractivity contribution in [2.45, 2.75) is 6.92 Å². The predicted octanol–water partition coefficient (Wildman–Crippen LogP) is 2.46.